The van der Waals surface area contributed by atoms with Crippen molar-refractivity contribution in [3.8, 4) is 0 Å². The predicted molar refractivity (Wildman–Crippen MR) is 65.5 cm³/mol. The van der Waals surface area contributed by atoms with E-state index in [1.807, 2.05) is 0 Å². The van der Waals surface area contributed by atoms with Gasteiger partial charge in [0.2, 0.25) is 0 Å². The third-order valence-electron chi connectivity index (χ3n) is 2.13. The van der Waals surface area contributed by atoms with E-state index >= 15 is 0 Å². The number of hydrogen-bond donors (Lipinski definition) is 0. The topological polar surface area (TPSA) is 0 Å². The zero-order chi connectivity index (χ0) is 9.94. The lowest BCUT2D eigenvalue weighted by Crippen LogP contribution is -1.92. The van der Waals surface area contributed by atoms with Crippen LogP contribution in [0.2, 0.25) is 0 Å². The summed E-state index contributed by atoms with van der Waals surface area (Å²) in [6.45, 7) is 4.47. The van der Waals surface area contributed by atoms with Crippen molar-refractivity contribution in [2.45, 2.75) is 63.6 Å². The van der Waals surface area contributed by atoms with Crippen LogP contribution in [0.3, 0.4) is 0 Å². The molecule has 0 bridgehead atoms. The second-order valence-corrected chi connectivity index (χ2v) is 4.76. The molecule has 0 spiro atoms. The molecule has 78 valence electrons. The van der Waals surface area contributed by atoms with E-state index < -0.39 is 0 Å². The zero-order valence-corrected chi connectivity index (χ0v) is 10.6. The van der Waals surface area contributed by atoms with E-state index in [4.69, 9.17) is 0 Å². The smallest absolute Gasteiger partial charge is 0.0325 e. The monoisotopic (exact) mass is 246 g/mol. The van der Waals surface area contributed by atoms with Crippen LogP contribution >= 0.6 is 15.9 Å². The summed E-state index contributed by atoms with van der Waals surface area (Å²) in [6.07, 6.45) is 13.8. The number of allylic oxidation sites excluding steroid dienone is 2. The van der Waals surface area contributed by atoms with Gasteiger partial charge in [-0.3, -0.25) is 0 Å². The van der Waals surface area contributed by atoms with Gasteiger partial charge in [-0.05, 0) is 12.8 Å². The number of unbranched alkanes of at least 4 members (excludes halogenated alkanes) is 4. The van der Waals surface area contributed by atoms with Crippen LogP contribution in [0.4, 0.5) is 0 Å². The molecule has 0 radical (unpaired) electrons. The molecule has 0 fully saturated rings. The molecule has 0 aliphatic heterocycles. The van der Waals surface area contributed by atoms with Crippen molar-refractivity contribution in [1.82, 2.24) is 0 Å². The maximum absolute atomic E-state index is 3.67. The van der Waals surface area contributed by atoms with Gasteiger partial charge in [-0.1, -0.05) is 74.0 Å². The predicted octanol–water partition coefficient (Wildman–Crippen LogP) is 5.08. The standard InChI is InChI=1S/C12H23Br/c1-3-5-7-9-11-12(13)10-8-6-4-2/h8,10,12H,3-7,9,11H2,1-2H3. The van der Waals surface area contributed by atoms with Gasteiger partial charge in [0.15, 0.2) is 0 Å². The number of hydrogen-bond acceptors (Lipinski definition) is 0. The van der Waals surface area contributed by atoms with E-state index in [0.29, 0.717) is 4.83 Å². The Morgan fingerprint density at radius 1 is 1.08 bits per heavy atom. The highest BCUT2D eigenvalue weighted by Crippen LogP contribution is 2.13. The van der Waals surface area contributed by atoms with Crippen LogP contribution in [0.25, 0.3) is 0 Å². The first-order valence-electron chi connectivity index (χ1n) is 5.62. The largest absolute Gasteiger partial charge is 0.0874 e. The maximum atomic E-state index is 3.67. The van der Waals surface area contributed by atoms with Gasteiger partial charge in [0.25, 0.3) is 0 Å². The molecule has 0 heterocycles. The molecule has 0 aliphatic rings. The van der Waals surface area contributed by atoms with Gasteiger partial charge in [-0.15, -0.1) is 0 Å². The van der Waals surface area contributed by atoms with E-state index in [0.717, 1.165) is 0 Å². The molecule has 0 saturated heterocycles. The molecular formula is C12H23Br. The first kappa shape index (κ1) is 13.2. The average molecular weight is 247 g/mol. The molecule has 0 amide bonds. The molecule has 0 aromatic heterocycles. The third kappa shape index (κ3) is 10.1. The Balaban J connectivity index is 3.24. The summed E-state index contributed by atoms with van der Waals surface area (Å²) in [5, 5.41) is 0. The van der Waals surface area contributed by atoms with Crippen molar-refractivity contribution < 1.29 is 0 Å². The first-order valence-corrected chi connectivity index (χ1v) is 6.53. The summed E-state index contributed by atoms with van der Waals surface area (Å²) in [5.74, 6) is 0. The molecule has 0 aliphatic carbocycles. The van der Waals surface area contributed by atoms with Gasteiger partial charge < -0.3 is 0 Å². The molecule has 13 heavy (non-hydrogen) atoms. The molecule has 0 aromatic rings. The summed E-state index contributed by atoms with van der Waals surface area (Å²) >= 11 is 3.67. The Morgan fingerprint density at radius 3 is 2.46 bits per heavy atom. The highest BCUT2D eigenvalue weighted by Gasteiger charge is 1.97. The van der Waals surface area contributed by atoms with E-state index in [2.05, 4.69) is 41.9 Å². The molecule has 1 unspecified atom stereocenters. The summed E-state index contributed by atoms with van der Waals surface area (Å²) in [7, 11) is 0. The lowest BCUT2D eigenvalue weighted by molar-refractivity contribution is 0.643. The molecule has 0 saturated carbocycles. The fourth-order valence-electron chi connectivity index (χ4n) is 1.27. The molecule has 0 N–H and O–H groups in total. The highest BCUT2D eigenvalue weighted by molar-refractivity contribution is 9.09. The minimum Gasteiger partial charge on any atom is -0.0874 e. The van der Waals surface area contributed by atoms with Gasteiger partial charge in [0, 0.05) is 4.83 Å². The Hall–Kier alpha value is 0.220. The van der Waals surface area contributed by atoms with Crippen LogP contribution in [0, 0.1) is 0 Å². The molecule has 0 aromatic carbocycles. The van der Waals surface area contributed by atoms with Gasteiger partial charge >= 0.3 is 0 Å². The van der Waals surface area contributed by atoms with Crippen LogP contribution in [0.15, 0.2) is 12.2 Å². The Bertz CT molecular complexity index is 118. The highest BCUT2D eigenvalue weighted by atomic mass is 79.9. The average Bonchev–Trinajstić information content (AvgIpc) is 2.13. The number of halogens is 1. The van der Waals surface area contributed by atoms with Crippen molar-refractivity contribution in [3.05, 3.63) is 12.2 Å². The van der Waals surface area contributed by atoms with Gasteiger partial charge in [-0.2, -0.15) is 0 Å². The zero-order valence-electron chi connectivity index (χ0n) is 9.06. The SMILES string of the molecule is CCCC=CC(Br)CCCCCC. The van der Waals surface area contributed by atoms with E-state index in [1.54, 1.807) is 0 Å². The second kappa shape index (κ2) is 10.3. The lowest BCUT2D eigenvalue weighted by Gasteiger charge is -2.03. The summed E-state index contributed by atoms with van der Waals surface area (Å²) < 4.78 is 0. The first-order chi connectivity index (χ1) is 6.31. The van der Waals surface area contributed by atoms with Crippen molar-refractivity contribution in [1.29, 1.82) is 0 Å². The fourth-order valence-corrected chi connectivity index (χ4v) is 1.81. The molecular weight excluding hydrogens is 224 g/mol. The minimum absolute atomic E-state index is 0.607. The molecule has 0 rings (SSSR count). The van der Waals surface area contributed by atoms with Crippen molar-refractivity contribution >= 4 is 15.9 Å². The van der Waals surface area contributed by atoms with Crippen LogP contribution in [0.5, 0.6) is 0 Å². The van der Waals surface area contributed by atoms with Crippen LogP contribution in [-0.4, -0.2) is 4.83 Å². The molecule has 1 heteroatoms. The maximum Gasteiger partial charge on any atom is 0.0325 e. The fraction of sp³-hybridized carbons (Fsp3) is 0.833. The Kier molecular flexibility index (Phi) is 10.5. The minimum atomic E-state index is 0.607. The van der Waals surface area contributed by atoms with Crippen LogP contribution < -0.4 is 0 Å². The van der Waals surface area contributed by atoms with Gasteiger partial charge in [0.1, 0.15) is 0 Å². The van der Waals surface area contributed by atoms with E-state index in [-0.39, 0.29) is 0 Å². The summed E-state index contributed by atoms with van der Waals surface area (Å²) in [4.78, 5) is 0.607. The Morgan fingerprint density at radius 2 is 1.85 bits per heavy atom. The third-order valence-corrected chi connectivity index (χ3v) is 2.90. The number of alkyl halides is 1. The summed E-state index contributed by atoms with van der Waals surface area (Å²) in [6, 6.07) is 0. The van der Waals surface area contributed by atoms with Gasteiger partial charge in [0.05, 0.1) is 0 Å². The van der Waals surface area contributed by atoms with Crippen LogP contribution in [-0.2, 0) is 0 Å². The van der Waals surface area contributed by atoms with Crippen molar-refractivity contribution in [2.75, 3.05) is 0 Å². The van der Waals surface area contributed by atoms with E-state index in [9.17, 15) is 0 Å². The van der Waals surface area contributed by atoms with Gasteiger partial charge in [-0.25, -0.2) is 0 Å². The van der Waals surface area contributed by atoms with Crippen LogP contribution in [0.1, 0.15) is 58.8 Å². The number of rotatable bonds is 8. The van der Waals surface area contributed by atoms with Crippen molar-refractivity contribution in [2.24, 2.45) is 0 Å². The Labute approximate surface area is 91.9 Å². The van der Waals surface area contributed by atoms with E-state index in [1.165, 1.54) is 44.9 Å². The second-order valence-electron chi connectivity index (χ2n) is 3.58. The van der Waals surface area contributed by atoms with Crippen molar-refractivity contribution in [3.63, 3.8) is 0 Å². The lowest BCUT2D eigenvalue weighted by atomic mass is 10.1. The molecule has 0 nitrogen and oxygen atoms in total. The molecule has 1 atom stereocenters. The summed E-state index contributed by atoms with van der Waals surface area (Å²) in [5.41, 5.74) is 0. The quantitative estimate of drug-likeness (QED) is 0.319. The normalized spacial score (nSPS) is 13.8.